The van der Waals surface area contributed by atoms with E-state index in [0.717, 1.165) is 13.0 Å². The summed E-state index contributed by atoms with van der Waals surface area (Å²) in [5, 5.41) is 2.68. The Morgan fingerprint density at radius 2 is 2.27 bits per heavy atom. The first-order valence-electron chi connectivity index (χ1n) is 4.07. The molecule has 1 fully saturated rings. The summed E-state index contributed by atoms with van der Waals surface area (Å²) in [5.41, 5.74) is 0. The molecule has 11 heavy (non-hydrogen) atoms. The zero-order valence-electron chi connectivity index (χ0n) is 7.42. The fourth-order valence-corrected chi connectivity index (χ4v) is 1.73. The normalized spacial score (nSPS) is 32.3. The van der Waals surface area contributed by atoms with Crippen LogP contribution in [0.3, 0.4) is 0 Å². The first kappa shape index (κ1) is 8.53. The third-order valence-corrected chi connectivity index (χ3v) is 2.31. The molecule has 0 aromatic heterocycles. The number of nitrogens with zero attached hydrogens (tertiary/aromatic N) is 1. The molecule has 3 nitrogen and oxygen atoms in total. The molecule has 0 aromatic carbocycles. The Morgan fingerprint density at radius 1 is 1.64 bits per heavy atom. The number of amides is 1. The van der Waals surface area contributed by atoms with Gasteiger partial charge in [-0.25, -0.2) is 0 Å². The van der Waals surface area contributed by atoms with E-state index in [1.807, 2.05) is 7.05 Å². The summed E-state index contributed by atoms with van der Waals surface area (Å²) in [6.45, 7) is 3.22. The molecule has 0 bridgehead atoms. The third-order valence-electron chi connectivity index (χ3n) is 2.31. The van der Waals surface area contributed by atoms with E-state index in [2.05, 4.69) is 17.1 Å². The Morgan fingerprint density at radius 3 is 2.64 bits per heavy atom. The minimum absolute atomic E-state index is 0.106. The van der Waals surface area contributed by atoms with Crippen LogP contribution in [-0.4, -0.2) is 37.5 Å². The highest BCUT2D eigenvalue weighted by Gasteiger charge is 2.31. The van der Waals surface area contributed by atoms with Gasteiger partial charge in [-0.3, -0.25) is 9.69 Å². The summed E-state index contributed by atoms with van der Waals surface area (Å²) in [7, 11) is 3.70. The van der Waals surface area contributed by atoms with Crippen molar-refractivity contribution >= 4 is 5.91 Å². The molecule has 0 aromatic rings. The van der Waals surface area contributed by atoms with Crippen molar-refractivity contribution < 1.29 is 4.79 Å². The molecule has 0 aliphatic carbocycles. The van der Waals surface area contributed by atoms with Crippen LogP contribution in [0.4, 0.5) is 0 Å². The second-order valence-corrected chi connectivity index (χ2v) is 3.41. The van der Waals surface area contributed by atoms with Crippen LogP contribution in [0, 0.1) is 5.92 Å². The van der Waals surface area contributed by atoms with Crippen LogP contribution in [0.2, 0.25) is 0 Å². The molecule has 0 radical (unpaired) electrons. The lowest BCUT2D eigenvalue weighted by atomic mass is 10.1. The first-order valence-corrected chi connectivity index (χ1v) is 4.07. The maximum Gasteiger partial charge on any atom is 0.237 e. The largest absolute Gasteiger partial charge is 0.358 e. The molecule has 1 heterocycles. The van der Waals surface area contributed by atoms with Gasteiger partial charge in [0, 0.05) is 13.6 Å². The van der Waals surface area contributed by atoms with Crippen molar-refractivity contribution in [1.82, 2.24) is 10.2 Å². The van der Waals surface area contributed by atoms with Gasteiger partial charge in [-0.05, 0) is 19.4 Å². The highest BCUT2D eigenvalue weighted by molar-refractivity contribution is 5.81. The Balaban J connectivity index is 2.52. The van der Waals surface area contributed by atoms with Crippen molar-refractivity contribution in [1.29, 1.82) is 0 Å². The third kappa shape index (κ3) is 1.71. The van der Waals surface area contributed by atoms with Crippen LogP contribution in [0.5, 0.6) is 0 Å². The second kappa shape index (κ2) is 3.22. The lowest BCUT2D eigenvalue weighted by Gasteiger charge is -2.16. The highest BCUT2D eigenvalue weighted by Crippen LogP contribution is 2.20. The van der Waals surface area contributed by atoms with Gasteiger partial charge in [-0.2, -0.15) is 0 Å². The summed E-state index contributed by atoms with van der Waals surface area (Å²) in [6, 6.07) is 0.106. The van der Waals surface area contributed by atoms with Gasteiger partial charge in [0.1, 0.15) is 0 Å². The molecule has 1 amide bonds. The lowest BCUT2D eigenvalue weighted by molar-refractivity contribution is -0.124. The molecule has 1 N–H and O–H groups in total. The first-order chi connectivity index (χ1) is 5.15. The van der Waals surface area contributed by atoms with E-state index in [-0.39, 0.29) is 11.9 Å². The predicted molar refractivity (Wildman–Crippen MR) is 44.3 cm³/mol. The van der Waals surface area contributed by atoms with Crippen LogP contribution >= 0.6 is 0 Å². The second-order valence-electron chi connectivity index (χ2n) is 3.41. The summed E-state index contributed by atoms with van der Waals surface area (Å²) in [4.78, 5) is 13.3. The van der Waals surface area contributed by atoms with Gasteiger partial charge in [0.05, 0.1) is 6.04 Å². The minimum Gasteiger partial charge on any atom is -0.358 e. The summed E-state index contributed by atoms with van der Waals surface area (Å²) < 4.78 is 0. The van der Waals surface area contributed by atoms with Gasteiger partial charge < -0.3 is 5.32 Å². The number of nitrogens with one attached hydrogen (secondary N) is 1. The van der Waals surface area contributed by atoms with Crippen molar-refractivity contribution in [2.75, 3.05) is 20.6 Å². The molecule has 2 atom stereocenters. The van der Waals surface area contributed by atoms with Crippen molar-refractivity contribution in [3.63, 3.8) is 0 Å². The van der Waals surface area contributed by atoms with Crippen LogP contribution in [0.15, 0.2) is 0 Å². The van der Waals surface area contributed by atoms with E-state index in [9.17, 15) is 4.79 Å². The van der Waals surface area contributed by atoms with Crippen LogP contribution < -0.4 is 5.32 Å². The molecule has 0 saturated carbocycles. The molecule has 1 aliphatic rings. The zero-order chi connectivity index (χ0) is 8.43. The quantitative estimate of drug-likeness (QED) is 0.583. The van der Waals surface area contributed by atoms with Crippen LogP contribution in [0.1, 0.15) is 13.3 Å². The van der Waals surface area contributed by atoms with Gasteiger partial charge >= 0.3 is 0 Å². The number of likely N-dealkylation sites (tertiary alicyclic amines) is 1. The van der Waals surface area contributed by atoms with Crippen molar-refractivity contribution in [2.24, 2.45) is 5.92 Å². The summed E-state index contributed by atoms with van der Waals surface area (Å²) in [6.07, 6.45) is 0.996. The van der Waals surface area contributed by atoms with E-state index < -0.39 is 0 Å². The molecular formula is C8H16N2O. The molecule has 64 valence electrons. The topological polar surface area (TPSA) is 32.3 Å². The van der Waals surface area contributed by atoms with Gasteiger partial charge in [0.2, 0.25) is 5.91 Å². The molecule has 1 rings (SSSR count). The molecule has 3 heteroatoms. The van der Waals surface area contributed by atoms with Gasteiger partial charge in [0.25, 0.3) is 0 Å². The summed E-state index contributed by atoms with van der Waals surface area (Å²) >= 11 is 0. The number of rotatable bonds is 1. The van der Waals surface area contributed by atoms with Crippen LogP contribution in [-0.2, 0) is 4.79 Å². The number of carbonyl (C=O) groups excluding carboxylic acids is 1. The molecular weight excluding hydrogens is 140 g/mol. The lowest BCUT2D eigenvalue weighted by Crippen LogP contribution is -2.39. The average Bonchev–Trinajstić information content (AvgIpc) is 2.28. The molecule has 1 saturated heterocycles. The number of hydrogen-bond donors (Lipinski definition) is 1. The Kier molecular flexibility index (Phi) is 2.49. The smallest absolute Gasteiger partial charge is 0.237 e. The maximum absolute atomic E-state index is 11.2. The number of likely N-dealkylation sites (N-methyl/N-ethyl adjacent to an activating group) is 2. The molecule has 0 unspecified atom stereocenters. The van der Waals surface area contributed by atoms with Gasteiger partial charge in [-0.15, -0.1) is 0 Å². The average molecular weight is 156 g/mol. The van der Waals surface area contributed by atoms with Gasteiger partial charge in [-0.1, -0.05) is 6.92 Å². The fraction of sp³-hybridized carbons (Fsp3) is 0.875. The monoisotopic (exact) mass is 156 g/mol. The standard InChI is InChI=1S/C8H16N2O/c1-6-4-7(8(11)9-2)10(3)5-6/h6-7H,4-5H2,1-3H3,(H,9,11)/t6-,7+/m1/s1. The van der Waals surface area contributed by atoms with Crippen molar-refractivity contribution in [3.05, 3.63) is 0 Å². The van der Waals surface area contributed by atoms with E-state index in [4.69, 9.17) is 0 Å². The Bertz CT molecular complexity index is 158. The maximum atomic E-state index is 11.2. The van der Waals surface area contributed by atoms with Crippen LogP contribution in [0.25, 0.3) is 0 Å². The SMILES string of the molecule is CNC(=O)[C@@H]1C[C@@H](C)CN1C. The van der Waals surface area contributed by atoms with Crippen molar-refractivity contribution in [2.45, 2.75) is 19.4 Å². The van der Waals surface area contributed by atoms with Gasteiger partial charge in [0.15, 0.2) is 0 Å². The van der Waals surface area contributed by atoms with E-state index in [1.54, 1.807) is 7.05 Å². The summed E-state index contributed by atoms with van der Waals surface area (Å²) in [5.74, 6) is 0.805. The molecule has 1 aliphatic heterocycles. The van der Waals surface area contributed by atoms with Crippen molar-refractivity contribution in [3.8, 4) is 0 Å². The zero-order valence-corrected chi connectivity index (χ0v) is 7.42. The predicted octanol–water partition coefficient (Wildman–Crippen LogP) is 0.0726. The molecule has 0 spiro atoms. The fourth-order valence-electron chi connectivity index (χ4n) is 1.73. The van der Waals surface area contributed by atoms with E-state index in [0.29, 0.717) is 5.92 Å². The van der Waals surface area contributed by atoms with E-state index in [1.165, 1.54) is 0 Å². The minimum atomic E-state index is 0.106. The Labute approximate surface area is 67.8 Å². The van der Waals surface area contributed by atoms with E-state index >= 15 is 0 Å². The highest BCUT2D eigenvalue weighted by atomic mass is 16.2. The number of hydrogen-bond acceptors (Lipinski definition) is 2. The Hall–Kier alpha value is -0.570. The number of carbonyl (C=O) groups is 1.